The first-order valence-electron chi connectivity index (χ1n) is 9.60. The summed E-state index contributed by atoms with van der Waals surface area (Å²) in [6, 6.07) is 20.5. The van der Waals surface area contributed by atoms with E-state index in [4.69, 9.17) is 10.7 Å². The quantitative estimate of drug-likeness (QED) is 0.890. The molecule has 26 heavy (non-hydrogen) atoms. The van der Waals surface area contributed by atoms with Gasteiger partial charge in [0, 0.05) is 17.0 Å². The first-order chi connectivity index (χ1) is 12.7. The third-order valence-electron chi connectivity index (χ3n) is 6.36. The van der Waals surface area contributed by atoms with Gasteiger partial charge in [-0.05, 0) is 49.8 Å². The molecule has 0 spiro atoms. The summed E-state index contributed by atoms with van der Waals surface area (Å²) in [6.45, 7) is 2.28. The minimum Gasteiger partial charge on any atom is -0.370 e. The third kappa shape index (κ3) is 2.38. The van der Waals surface area contributed by atoms with E-state index >= 15 is 0 Å². The maximum atomic E-state index is 6.54. The molecule has 2 aromatic carbocycles. The first kappa shape index (κ1) is 16.2. The number of benzene rings is 2. The van der Waals surface area contributed by atoms with Gasteiger partial charge in [-0.3, -0.25) is 0 Å². The fourth-order valence-electron chi connectivity index (χ4n) is 5.09. The molecule has 3 heterocycles. The Morgan fingerprint density at radius 1 is 1.12 bits per heavy atom. The molecule has 0 saturated carbocycles. The minimum atomic E-state index is -0.180. The van der Waals surface area contributed by atoms with Crippen molar-refractivity contribution in [3.05, 3.63) is 65.7 Å². The Balaban J connectivity index is 1.41. The number of guanidine groups is 1. The van der Waals surface area contributed by atoms with Crippen molar-refractivity contribution in [1.29, 1.82) is 0 Å². The third-order valence-corrected chi connectivity index (χ3v) is 7.99. The molecule has 1 saturated heterocycles. The standard InChI is InChI=1S/C22H25N3S/c1-22-17-9-5-6-10-19(17)26-20(22)18-14-13-16(25(18)21(23)24-22)12-11-15-7-3-2-4-8-15/h2-10,16,18,20H,11-14H2,1H3,(H2,23,24)/t16-,18+,20-,22-/m1/s1. The summed E-state index contributed by atoms with van der Waals surface area (Å²) in [5.41, 5.74) is 9.13. The monoisotopic (exact) mass is 363 g/mol. The summed E-state index contributed by atoms with van der Waals surface area (Å²) in [4.78, 5) is 8.90. The zero-order valence-corrected chi connectivity index (χ0v) is 16.0. The molecule has 1 fully saturated rings. The molecule has 2 aromatic rings. The fourth-order valence-corrected chi connectivity index (χ4v) is 6.76. The van der Waals surface area contributed by atoms with Crippen LogP contribution in [0.3, 0.4) is 0 Å². The summed E-state index contributed by atoms with van der Waals surface area (Å²) in [6.07, 6.45) is 4.70. The van der Waals surface area contributed by atoms with Crippen LogP contribution in [0.25, 0.3) is 0 Å². The molecule has 2 N–H and O–H groups in total. The number of nitrogens with two attached hydrogens (primary N) is 1. The molecule has 0 radical (unpaired) electrons. The number of aliphatic imine (C=N–C) groups is 1. The lowest BCUT2D eigenvalue weighted by Gasteiger charge is -2.44. The molecule has 0 aromatic heterocycles. The molecule has 3 aliphatic heterocycles. The van der Waals surface area contributed by atoms with Crippen LogP contribution in [0.5, 0.6) is 0 Å². The van der Waals surface area contributed by atoms with Crippen molar-refractivity contribution in [1.82, 2.24) is 4.90 Å². The van der Waals surface area contributed by atoms with E-state index in [-0.39, 0.29) is 5.54 Å². The van der Waals surface area contributed by atoms with Gasteiger partial charge < -0.3 is 10.6 Å². The highest BCUT2D eigenvalue weighted by Gasteiger charge is 2.55. The molecule has 0 unspecified atom stereocenters. The van der Waals surface area contributed by atoms with Crippen molar-refractivity contribution >= 4 is 17.7 Å². The van der Waals surface area contributed by atoms with Gasteiger partial charge >= 0.3 is 0 Å². The van der Waals surface area contributed by atoms with Crippen LogP contribution >= 0.6 is 11.8 Å². The van der Waals surface area contributed by atoms with Crippen LogP contribution in [0, 0.1) is 0 Å². The summed E-state index contributed by atoms with van der Waals surface area (Å²) in [5, 5.41) is 0.467. The molecule has 4 heteroatoms. The van der Waals surface area contributed by atoms with Crippen molar-refractivity contribution in [2.45, 2.75) is 60.4 Å². The molecule has 134 valence electrons. The lowest BCUT2D eigenvalue weighted by molar-refractivity contribution is 0.232. The Kier molecular flexibility index (Phi) is 3.78. The van der Waals surface area contributed by atoms with E-state index in [0.29, 0.717) is 17.3 Å². The van der Waals surface area contributed by atoms with Gasteiger partial charge in [-0.2, -0.15) is 0 Å². The molecule has 4 atom stereocenters. The van der Waals surface area contributed by atoms with Crippen molar-refractivity contribution < 1.29 is 0 Å². The maximum Gasteiger partial charge on any atom is 0.192 e. The molecule has 0 amide bonds. The number of rotatable bonds is 3. The number of fused-ring (bicyclic) bond motifs is 5. The summed E-state index contributed by atoms with van der Waals surface area (Å²) in [5.74, 6) is 0.751. The summed E-state index contributed by atoms with van der Waals surface area (Å²) < 4.78 is 0. The van der Waals surface area contributed by atoms with Gasteiger partial charge in [0.25, 0.3) is 0 Å². The van der Waals surface area contributed by atoms with Crippen LogP contribution in [-0.4, -0.2) is 28.2 Å². The van der Waals surface area contributed by atoms with Crippen LogP contribution in [0.1, 0.15) is 37.3 Å². The van der Waals surface area contributed by atoms with Crippen molar-refractivity contribution in [2.75, 3.05) is 0 Å². The predicted octanol–water partition coefficient (Wildman–Crippen LogP) is 4.17. The Hall–Kier alpha value is -1.94. The maximum absolute atomic E-state index is 6.54. The summed E-state index contributed by atoms with van der Waals surface area (Å²) >= 11 is 2.01. The molecular formula is C22H25N3S. The SMILES string of the molecule is C[C@]12N=C(N)N3[C@H](CCc4ccccc4)CC[C@H]3[C@H]1Sc1ccccc12. The average molecular weight is 364 g/mol. The zero-order chi connectivity index (χ0) is 17.7. The second-order valence-corrected chi connectivity index (χ2v) is 9.07. The number of hydrogen-bond donors (Lipinski definition) is 1. The molecule has 3 aliphatic rings. The number of nitrogens with zero attached hydrogens (tertiary/aromatic N) is 2. The van der Waals surface area contributed by atoms with Gasteiger partial charge in [0.1, 0.15) is 5.54 Å². The van der Waals surface area contributed by atoms with Crippen LogP contribution in [0.4, 0.5) is 0 Å². The van der Waals surface area contributed by atoms with Gasteiger partial charge in [0.2, 0.25) is 0 Å². The second kappa shape index (κ2) is 6.05. The molecule has 0 bridgehead atoms. The van der Waals surface area contributed by atoms with Crippen molar-refractivity contribution in [3.63, 3.8) is 0 Å². The average Bonchev–Trinajstić information content (AvgIpc) is 3.20. The predicted molar refractivity (Wildman–Crippen MR) is 108 cm³/mol. The highest BCUT2D eigenvalue weighted by Crippen LogP contribution is 2.56. The number of hydrogen-bond acceptors (Lipinski definition) is 4. The van der Waals surface area contributed by atoms with E-state index in [1.807, 2.05) is 11.8 Å². The normalized spacial score (nSPS) is 32.0. The Labute approximate surface area is 159 Å². The number of aryl methyl sites for hydroxylation is 1. The van der Waals surface area contributed by atoms with Crippen LogP contribution in [0.2, 0.25) is 0 Å². The van der Waals surface area contributed by atoms with Crippen LogP contribution < -0.4 is 5.73 Å². The number of thioether (sulfide) groups is 1. The van der Waals surface area contributed by atoms with E-state index in [0.717, 1.165) is 18.8 Å². The first-order valence-corrected chi connectivity index (χ1v) is 10.5. The highest BCUT2D eigenvalue weighted by molar-refractivity contribution is 8.00. The van der Waals surface area contributed by atoms with Gasteiger partial charge in [-0.1, -0.05) is 48.5 Å². The van der Waals surface area contributed by atoms with E-state index < -0.39 is 0 Å². The van der Waals surface area contributed by atoms with Gasteiger partial charge in [0.15, 0.2) is 5.96 Å². The highest BCUT2D eigenvalue weighted by atomic mass is 32.2. The van der Waals surface area contributed by atoms with Gasteiger partial charge in [-0.25, -0.2) is 4.99 Å². The van der Waals surface area contributed by atoms with E-state index in [2.05, 4.69) is 66.4 Å². The molecule has 0 aliphatic carbocycles. The molecular weight excluding hydrogens is 338 g/mol. The van der Waals surface area contributed by atoms with E-state index in [9.17, 15) is 0 Å². The zero-order valence-electron chi connectivity index (χ0n) is 15.1. The van der Waals surface area contributed by atoms with Crippen molar-refractivity contribution in [3.8, 4) is 0 Å². The van der Waals surface area contributed by atoms with E-state index in [1.165, 1.54) is 28.9 Å². The van der Waals surface area contributed by atoms with Gasteiger partial charge in [0.05, 0.1) is 5.25 Å². The van der Waals surface area contributed by atoms with Gasteiger partial charge in [-0.15, -0.1) is 11.8 Å². The Morgan fingerprint density at radius 3 is 2.73 bits per heavy atom. The lowest BCUT2D eigenvalue weighted by Crippen LogP contribution is -2.57. The minimum absolute atomic E-state index is 0.180. The van der Waals surface area contributed by atoms with Crippen LogP contribution in [-0.2, 0) is 12.0 Å². The largest absolute Gasteiger partial charge is 0.370 e. The van der Waals surface area contributed by atoms with Crippen molar-refractivity contribution in [2.24, 2.45) is 10.7 Å². The smallest absolute Gasteiger partial charge is 0.192 e. The molecule has 5 rings (SSSR count). The Bertz CT molecular complexity index is 849. The Morgan fingerprint density at radius 2 is 1.88 bits per heavy atom. The second-order valence-electron chi connectivity index (χ2n) is 7.88. The van der Waals surface area contributed by atoms with Crippen LogP contribution in [0.15, 0.2) is 64.5 Å². The van der Waals surface area contributed by atoms with E-state index in [1.54, 1.807) is 0 Å². The topological polar surface area (TPSA) is 41.6 Å². The fraction of sp³-hybridized carbons (Fsp3) is 0.409. The lowest BCUT2D eigenvalue weighted by atomic mass is 9.84. The molecule has 3 nitrogen and oxygen atoms in total. The summed E-state index contributed by atoms with van der Waals surface area (Å²) in [7, 11) is 0.